The molecular weight excluding hydrogens is 396 g/mol. The van der Waals surface area contributed by atoms with Crippen molar-refractivity contribution in [1.82, 2.24) is 24.9 Å². The van der Waals surface area contributed by atoms with Crippen molar-refractivity contribution < 1.29 is 14.4 Å². The minimum Gasteiger partial charge on any atom is -0.348 e. The van der Waals surface area contributed by atoms with Gasteiger partial charge in [-0.05, 0) is 30.5 Å². The Labute approximate surface area is 181 Å². The first-order valence-electron chi connectivity index (χ1n) is 10.6. The van der Waals surface area contributed by atoms with Crippen LogP contribution in [0.15, 0.2) is 30.5 Å². The van der Waals surface area contributed by atoms with Crippen LogP contribution in [-0.4, -0.2) is 69.5 Å². The van der Waals surface area contributed by atoms with Gasteiger partial charge in [0.25, 0.3) is 11.8 Å². The van der Waals surface area contributed by atoms with Gasteiger partial charge < -0.3 is 15.5 Å². The van der Waals surface area contributed by atoms with Gasteiger partial charge in [0.1, 0.15) is 0 Å². The topological polar surface area (TPSA) is 99.6 Å². The van der Waals surface area contributed by atoms with Gasteiger partial charge in [0.15, 0.2) is 5.69 Å². The molecule has 1 aromatic carbocycles. The maximum atomic E-state index is 12.9. The largest absolute Gasteiger partial charge is 0.348 e. The summed E-state index contributed by atoms with van der Waals surface area (Å²) in [6, 6.07) is 7.69. The molecule has 1 aliphatic heterocycles. The predicted molar refractivity (Wildman–Crippen MR) is 116 cm³/mol. The molecule has 2 fully saturated rings. The predicted octanol–water partition coefficient (Wildman–Crippen LogP) is 1.23. The summed E-state index contributed by atoms with van der Waals surface area (Å²) >= 11 is 0. The van der Waals surface area contributed by atoms with E-state index in [2.05, 4.69) is 20.6 Å². The standard InChI is InChI=1S/C22H28N6O3/c1-15(29)28-10-8-27(9-11-28)13-16-4-3-5-17(12-16)21(30)24-19-14-26(2)25-20(19)22(31)23-18-6-7-18/h3-5,12,14,18H,6-11,13H2,1-2H3,(H,23,31)(H,24,30). The third-order valence-corrected chi connectivity index (χ3v) is 5.62. The average molecular weight is 425 g/mol. The van der Waals surface area contributed by atoms with Gasteiger partial charge >= 0.3 is 0 Å². The maximum absolute atomic E-state index is 12.9. The first kappa shape index (κ1) is 21.0. The van der Waals surface area contributed by atoms with Gasteiger partial charge in [-0.1, -0.05) is 12.1 Å². The SMILES string of the molecule is CC(=O)N1CCN(Cc2cccc(C(=O)Nc3cn(C)nc3C(=O)NC3CC3)c2)CC1. The maximum Gasteiger partial charge on any atom is 0.274 e. The number of nitrogens with one attached hydrogen (secondary N) is 2. The van der Waals surface area contributed by atoms with Crippen LogP contribution in [0.1, 0.15) is 46.2 Å². The molecule has 2 aliphatic rings. The summed E-state index contributed by atoms with van der Waals surface area (Å²) in [6.07, 6.45) is 3.60. The highest BCUT2D eigenvalue weighted by Crippen LogP contribution is 2.21. The minimum absolute atomic E-state index is 0.110. The van der Waals surface area contributed by atoms with Crippen LogP contribution in [0.4, 0.5) is 5.69 Å². The number of piperazine rings is 1. The molecule has 0 radical (unpaired) electrons. The van der Waals surface area contributed by atoms with E-state index in [1.807, 2.05) is 23.1 Å². The Morgan fingerprint density at radius 1 is 1.10 bits per heavy atom. The molecule has 2 N–H and O–H groups in total. The molecule has 2 aromatic rings. The fourth-order valence-electron chi connectivity index (χ4n) is 3.71. The van der Waals surface area contributed by atoms with Crippen LogP contribution in [0.2, 0.25) is 0 Å². The Morgan fingerprint density at radius 3 is 2.52 bits per heavy atom. The number of hydrogen-bond acceptors (Lipinski definition) is 5. The summed E-state index contributed by atoms with van der Waals surface area (Å²) in [5.74, 6) is -0.438. The smallest absolute Gasteiger partial charge is 0.274 e. The van der Waals surface area contributed by atoms with E-state index >= 15 is 0 Å². The summed E-state index contributed by atoms with van der Waals surface area (Å²) in [7, 11) is 1.72. The Kier molecular flexibility index (Phi) is 6.03. The van der Waals surface area contributed by atoms with Crippen molar-refractivity contribution >= 4 is 23.4 Å². The molecule has 0 atom stereocenters. The highest BCUT2D eigenvalue weighted by Gasteiger charge is 2.27. The van der Waals surface area contributed by atoms with Gasteiger partial charge in [-0.3, -0.25) is 24.0 Å². The quantitative estimate of drug-likeness (QED) is 0.727. The van der Waals surface area contributed by atoms with Crippen molar-refractivity contribution in [3.05, 3.63) is 47.3 Å². The van der Waals surface area contributed by atoms with Crippen molar-refractivity contribution in [1.29, 1.82) is 0 Å². The van der Waals surface area contributed by atoms with Crippen LogP contribution >= 0.6 is 0 Å². The van der Waals surface area contributed by atoms with E-state index < -0.39 is 0 Å². The van der Waals surface area contributed by atoms with Gasteiger partial charge in [-0.2, -0.15) is 5.10 Å². The van der Waals surface area contributed by atoms with Crippen LogP contribution in [0.3, 0.4) is 0 Å². The molecule has 4 rings (SSSR count). The van der Waals surface area contributed by atoms with E-state index in [0.717, 1.165) is 51.1 Å². The van der Waals surface area contributed by atoms with Crippen molar-refractivity contribution in [2.45, 2.75) is 32.4 Å². The number of benzene rings is 1. The second kappa shape index (κ2) is 8.89. The fraction of sp³-hybridized carbons (Fsp3) is 0.455. The number of amides is 3. The summed E-state index contributed by atoms with van der Waals surface area (Å²) in [5, 5.41) is 9.94. The molecular formula is C22H28N6O3. The summed E-state index contributed by atoms with van der Waals surface area (Å²) in [4.78, 5) is 40.9. The number of rotatable bonds is 6. The monoisotopic (exact) mass is 424 g/mol. The van der Waals surface area contributed by atoms with E-state index in [0.29, 0.717) is 11.3 Å². The van der Waals surface area contributed by atoms with Crippen molar-refractivity contribution in [2.75, 3.05) is 31.5 Å². The van der Waals surface area contributed by atoms with Gasteiger partial charge in [-0.25, -0.2) is 0 Å². The lowest BCUT2D eigenvalue weighted by atomic mass is 10.1. The Hall–Kier alpha value is -3.20. The lowest BCUT2D eigenvalue weighted by Gasteiger charge is -2.34. The van der Waals surface area contributed by atoms with E-state index in [1.54, 1.807) is 26.2 Å². The number of nitrogens with zero attached hydrogens (tertiary/aromatic N) is 4. The van der Waals surface area contributed by atoms with Crippen molar-refractivity contribution in [2.24, 2.45) is 7.05 Å². The second-order valence-electron chi connectivity index (χ2n) is 8.25. The van der Waals surface area contributed by atoms with Crippen LogP contribution in [0.25, 0.3) is 0 Å². The van der Waals surface area contributed by atoms with Crippen LogP contribution in [0.5, 0.6) is 0 Å². The van der Waals surface area contributed by atoms with Gasteiger partial charge in [0.05, 0.1) is 5.69 Å². The molecule has 9 nitrogen and oxygen atoms in total. The molecule has 164 valence electrons. The highest BCUT2D eigenvalue weighted by molar-refractivity contribution is 6.08. The number of anilines is 1. The third kappa shape index (κ3) is 5.29. The fourth-order valence-corrected chi connectivity index (χ4v) is 3.71. The molecule has 0 unspecified atom stereocenters. The van der Waals surface area contributed by atoms with Crippen molar-refractivity contribution in [3.8, 4) is 0 Å². The summed E-state index contributed by atoms with van der Waals surface area (Å²) < 4.78 is 1.52. The lowest BCUT2D eigenvalue weighted by molar-refractivity contribution is -0.130. The van der Waals surface area contributed by atoms with E-state index in [-0.39, 0.29) is 29.5 Å². The number of hydrogen-bond donors (Lipinski definition) is 2. The van der Waals surface area contributed by atoms with Crippen LogP contribution in [0, 0.1) is 0 Å². The molecule has 0 spiro atoms. The number of carbonyl (C=O) groups excluding carboxylic acids is 3. The minimum atomic E-state index is -0.281. The molecule has 31 heavy (non-hydrogen) atoms. The number of carbonyl (C=O) groups is 3. The normalized spacial score (nSPS) is 16.8. The zero-order valence-corrected chi connectivity index (χ0v) is 17.9. The van der Waals surface area contributed by atoms with Gasteiger partial charge in [0, 0.05) is 64.5 Å². The Balaban J connectivity index is 1.40. The van der Waals surface area contributed by atoms with E-state index in [1.165, 1.54) is 4.68 Å². The first-order valence-corrected chi connectivity index (χ1v) is 10.6. The Morgan fingerprint density at radius 2 is 1.84 bits per heavy atom. The molecule has 0 bridgehead atoms. The van der Waals surface area contributed by atoms with E-state index in [4.69, 9.17) is 0 Å². The summed E-state index contributed by atoms with van der Waals surface area (Å²) in [6.45, 7) is 5.39. The van der Waals surface area contributed by atoms with Gasteiger partial charge in [0.2, 0.25) is 5.91 Å². The molecule has 1 aliphatic carbocycles. The third-order valence-electron chi connectivity index (χ3n) is 5.62. The molecule has 1 aromatic heterocycles. The first-order chi connectivity index (χ1) is 14.9. The molecule has 2 heterocycles. The summed E-state index contributed by atoms with van der Waals surface area (Å²) in [5.41, 5.74) is 2.18. The molecule has 9 heteroatoms. The van der Waals surface area contributed by atoms with Crippen molar-refractivity contribution in [3.63, 3.8) is 0 Å². The zero-order chi connectivity index (χ0) is 22.0. The average Bonchev–Trinajstić information content (AvgIpc) is 3.48. The van der Waals surface area contributed by atoms with Crippen LogP contribution in [-0.2, 0) is 18.4 Å². The van der Waals surface area contributed by atoms with E-state index in [9.17, 15) is 14.4 Å². The number of aromatic nitrogens is 2. The zero-order valence-electron chi connectivity index (χ0n) is 17.9. The van der Waals surface area contributed by atoms with Gasteiger partial charge in [-0.15, -0.1) is 0 Å². The Bertz CT molecular complexity index is 989. The number of aryl methyl sites for hydroxylation is 1. The lowest BCUT2D eigenvalue weighted by Crippen LogP contribution is -2.47. The highest BCUT2D eigenvalue weighted by atomic mass is 16.2. The molecule has 1 saturated carbocycles. The second-order valence-corrected chi connectivity index (χ2v) is 8.25. The van der Waals surface area contributed by atoms with Crippen LogP contribution < -0.4 is 10.6 Å². The molecule has 3 amide bonds. The molecule has 1 saturated heterocycles.